The van der Waals surface area contributed by atoms with Gasteiger partial charge in [-0.1, -0.05) is 44.6 Å². The lowest BCUT2D eigenvalue weighted by Crippen LogP contribution is -2.52. The maximum atomic E-state index is 12.0. The molecule has 4 aliphatic rings. The van der Waals surface area contributed by atoms with Crippen molar-refractivity contribution in [2.24, 2.45) is 28.6 Å². The Kier molecular flexibility index (Phi) is 3.87. The SMILES string of the molecule is C=C(OC)[C@@]1(O)CC[C@H]2[C@@H]3CC(C)C4=CC(=O)CC[C@]4(C)C3=CC[C@@]21C. The van der Waals surface area contributed by atoms with E-state index < -0.39 is 5.60 Å². The number of hydrogen-bond acceptors (Lipinski definition) is 3. The number of ether oxygens (including phenoxy) is 1. The van der Waals surface area contributed by atoms with Crippen LogP contribution in [-0.4, -0.2) is 23.6 Å². The first kappa shape index (κ1) is 18.0. The van der Waals surface area contributed by atoms with Crippen LogP contribution in [0.15, 0.2) is 35.6 Å². The zero-order valence-corrected chi connectivity index (χ0v) is 16.6. The Morgan fingerprint density at radius 1 is 1.31 bits per heavy atom. The van der Waals surface area contributed by atoms with Gasteiger partial charge in [0, 0.05) is 17.3 Å². The molecule has 0 spiro atoms. The molecule has 0 saturated heterocycles. The molecule has 0 radical (unpaired) electrons. The minimum absolute atomic E-state index is 0.0243. The molecule has 1 unspecified atom stereocenters. The molecule has 0 amide bonds. The summed E-state index contributed by atoms with van der Waals surface area (Å²) in [6.07, 6.45) is 9.60. The summed E-state index contributed by atoms with van der Waals surface area (Å²) in [5.74, 6) is 2.15. The number of hydrogen-bond donors (Lipinski definition) is 1. The first-order valence-corrected chi connectivity index (χ1v) is 10.1. The highest BCUT2D eigenvalue weighted by Gasteiger charge is 2.63. The van der Waals surface area contributed by atoms with Crippen LogP contribution in [0.4, 0.5) is 0 Å². The molecule has 0 aromatic heterocycles. The average molecular weight is 357 g/mol. The second-order valence-corrected chi connectivity index (χ2v) is 9.56. The van der Waals surface area contributed by atoms with E-state index in [4.69, 9.17) is 4.74 Å². The first-order valence-electron chi connectivity index (χ1n) is 10.1. The van der Waals surface area contributed by atoms with Gasteiger partial charge in [-0.05, 0) is 55.9 Å². The van der Waals surface area contributed by atoms with E-state index in [0.717, 1.165) is 32.1 Å². The molecule has 2 saturated carbocycles. The van der Waals surface area contributed by atoms with Crippen LogP contribution >= 0.6 is 0 Å². The van der Waals surface area contributed by atoms with Crippen LogP contribution in [0, 0.1) is 28.6 Å². The third-order valence-electron chi connectivity index (χ3n) is 8.52. The minimum Gasteiger partial charge on any atom is -0.499 e. The van der Waals surface area contributed by atoms with Crippen molar-refractivity contribution in [3.63, 3.8) is 0 Å². The van der Waals surface area contributed by atoms with Crippen LogP contribution in [0.3, 0.4) is 0 Å². The Hall–Kier alpha value is -1.35. The molecular weight excluding hydrogens is 324 g/mol. The molecule has 0 aromatic rings. The zero-order chi connectivity index (χ0) is 18.9. The van der Waals surface area contributed by atoms with E-state index in [1.807, 2.05) is 6.08 Å². The second-order valence-electron chi connectivity index (χ2n) is 9.56. The molecule has 4 rings (SSSR count). The second kappa shape index (κ2) is 5.58. The van der Waals surface area contributed by atoms with Crippen LogP contribution in [-0.2, 0) is 9.53 Å². The van der Waals surface area contributed by atoms with Gasteiger partial charge in [0.05, 0.1) is 7.11 Å². The van der Waals surface area contributed by atoms with Crippen LogP contribution in [0.2, 0.25) is 0 Å². The van der Waals surface area contributed by atoms with Crippen molar-refractivity contribution < 1.29 is 14.6 Å². The number of fused-ring (bicyclic) bond motifs is 5. The summed E-state index contributed by atoms with van der Waals surface area (Å²) >= 11 is 0. The quantitative estimate of drug-likeness (QED) is 0.582. The van der Waals surface area contributed by atoms with E-state index in [1.54, 1.807) is 7.11 Å². The number of ketones is 1. The number of carbonyl (C=O) groups excluding carboxylic acids is 1. The predicted octanol–water partition coefficient (Wildman–Crippen LogP) is 4.58. The normalized spacial score (nSPS) is 47.3. The fourth-order valence-electron chi connectivity index (χ4n) is 6.91. The van der Waals surface area contributed by atoms with Crippen molar-refractivity contribution >= 4 is 5.78 Å². The van der Waals surface area contributed by atoms with Gasteiger partial charge < -0.3 is 9.84 Å². The van der Waals surface area contributed by atoms with E-state index in [0.29, 0.717) is 29.9 Å². The zero-order valence-electron chi connectivity index (χ0n) is 16.6. The van der Waals surface area contributed by atoms with Crippen LogP contribution in [0.25, 0.3) is 0 Å². The van der Waals surface area contributed by atoms with Crippen molar-refractivity contribution in [3.05, 3.63) is 35.6 Å². The van der Waals surface area contributed by atoms with Gasteiger partial charge >= 0.3 is 0 Å². The molecule has 1 N–H and O–H groups in total. The third-order valence-corrected chi connectivity index (χ3v) is 8.52. The summed E-state index contributed by atoms with van der Waals surface area (Å²) in [5.41, 5.74) is 1.72. The molecule has 142 valence electrons. The minimum atomic E-state index is -0.947. The van der Waals surface area contributed by atoms with Gasteiger partial charge in [0.25, 0.3) is 0 Å². The van der Waals surface area contributed by atoms with E-state index in [1.165, 1.54) is 11.1 Å². The lowest BCUT2D eigenvalue weighted by Gasteiger charge is -2.56. The Balaban J connectivity index is 1.79. The van der Waals surface area contributed by atoms with Crippen molar-refractivity contribution in [2.45, 2.75) is 64.9 Å². The highest BCUT2D eigenvalue weighted by molar-refractivity contribution is 5.92. The predicted molar refractivity (Wildman–Crippen MR) is 102 cm³/mol. The lowest BCUT2D eigenvalue weighted by atomic mass is 9.49. The smallest absolute Gasteiger partial charge is 0.155 e. The van der Waals surface area contributed by atoms with E-state index in [-0.39, 0.29) is 16.6 Å². The van der Waals surface area contributed by atoms with Crippen LogP contribution < -0.4 is 0 Å². The highest BCUT2D eigenvalue weighted by Crippen LogP contribution is 2.67. The van der Waals surface area contributed by atoms with Gasteiger partial charge in [0.1, 0.15) is 11.4 Å². The molecule has 3 nitrogen and oxygen atoms in total. The third kappa shape index (κ3) is 2.07. The Bertz CT molecular complexity index is 732. The molecule has 2 fully saturated rings. The van der Waals surface area contributed by atoms with Crippen LogP contribution in [0.5, 0.6) is 0 Å². The maximum absolute atomic E-state index is 12.0. The maximum Gasteiger partial charge on any atom is 0.155 e. The molecule has 3 heteroatoms. The van der Waals surface area contributed by atoms with Gasteiger partial charge in [0.15, 0.2) is 5.78 Å². The summed E-state index contributed by atoms with van der Waals surface area (Å²) in [7, 11) is 1.61. The summed E-state index contributed by atoms with van der Waals surface area (Å²) in [6, 6.07) is 0. The summed E-state index contributed by atoms with van der Waals surface area (Å²) in [5, 5.41) is 11.5. The molecular formula is C23H32O3. The summed E-state index contributed by atoms with van der Waals surface area (Å²) in [6.45, 7) is 10.9. The molecule has 26 heavy (non-hydrogen) atoms. The van der Waals surface area contributed by atoms with E-state index in [2.05, 4.69) is 33.4 Å². The molecule has 0 aliphatic heterocycles. The molecule has 0 bridgehead atoms. The van der Waals surface area contributed by atoms with Gasteiger partial charge in [0.2, 0.25) is 0 Å². The fourth-order valence-corrected chi connectivity index (χ4v) is 6.91. The fraction of sp³-hybridized carbons (Fsp3) is 0.696. The Morgan fingerprint density at radius 2 is 2.04 bits per heavy atom. The largest absolute Gasteiger partial charge is 0.499 e. The Labute approximate surface area is 157 Å². The van der Waals surface area contributed by atoms with Crippen molar-refractivity contribution in [1.82, 2.24) is 0 Å². The van der Waals surface area contributed by atoms with Crippen molar-refractivity contribution in [1.29, 1.82) is 0 Å². The summed E-state index contributed by atoms with van der Waals surface area (Å²) < 4.78 is 5.41. The number of rotatable bonds is 2. The molecule has 4 aliphatic carbocycles. The number of aliphatic hydroxyl groups is 1. The average Bonchev–Trinajstić information content (AvgIpc) is 2.88. The monoisotopic (exact) mass is 356 g/mol. The van der Waals surface area contributed by atoms with Gasteiger partial charge in [-0.3, -0.25) is 4.79 Å². The van der Waals surface area contributed by atoms with Crippen molar-refractivity contribution in [3.8, 4) is 0 Å². The standard InChI is InChI=1S/C23H32O3/c1-14-12-17-18(21(3)9-6-16(24)13-20(14)21)7-10-22(4)19(17)8-11-23(22,25)15(2)26-5/h7,13-14,17,19,25H,2,6,8-12H2,1,3-5H3/t14?,17-,19+,21-,22+,23+/m1/s1. The van der Waals surface area contributed by atoms with Gasteiger partial charge in [-0.2, -0.15) is 0 Å². The summed E-state index contributed by atoms with van der Waals surface area (Å²) in [4.78, 5) is 12.0. The van der Waals surface area contributed by atoms with Gasteiger partial charge in [-0.25, -0.2) is 0 Å². The number of methoxy groups -OCH3 is 1. The van der Waals surface area contributed by atoms with Crippen molar-refractivity contribution in [2.75, 3.05) is 7.11 Å². The molecule has 0 heterocycles. The van der Waals surface area contributed by atoms with E-state index in [9.17, 15) is 9.90 Å². The van der Waals surface area contributed by atoms with Crippen LogP contribution in [0.1, 0.15) is 59.3 Å². The topological polar surface area (TPSA) is 46.5 Å². The van der Waals surface area contributed by atoms with Gasteiger partial charge in [-0.15, -0.1) is 0 Å². The number of carbonyl (C=O) groups is 1. The number of allylic oxidation sites excluding steroid dienone is 4. The molecule has 0 aromatic carbocycles. The first-order chi connectivity index (χ1) is 12.2. The lowest BCUT2D eigenvalue weighted by molar-refractivity contribution is -0.116. The molecule has 6 atom stereocenters. The highest BCUT2D eigenvalue weighted by atomic mass is 16.5. The van der Waals surface area contributed by atoms with E-state index >= 15 is 0 Å². The Morgan fingerprint density at radius 3 is 2.73 bits per heavy atom.